The van der Waals surface area contributed by atoms with Crippen molar-refractivity contribution >= 4 is 52.1 Å². The van der Waals surface area contributed by atoms with Crippen LogP contribution in [0.2, 0.25) is 5.02 Å². The van der Waals surface area contributed by atoms with E-state index in [4.69, 9.17) is 11.6 Å². The van der Waals surface area contributed by atoms with Crippen LogP contribution in [0.15, 0.2) is 87.8 Å². The molecule has 1 heterocycles. The highest BCUT2D eigenvalue weighted by atomic mass is 35.5. The van der Waals surface area contributed by atoms with E-state index in [-0.39, 0.29) is 17.2 Å². The lowest BCUT2D eigenvalue weighted by Crippen LogP contribution is -2.24. The van der Waals surface area contributed by atoms with Crippen LogP contribution < -0.4 is 15.9 Å². The summed E-state index contributed by atoms with van der Waals surface area (Å²) >= 11 is 7.19. The van der Waals surface area contributed by atoms with Crippen LogP contribution >= 0.6 is 23.4 Å². The van der Waals surface area contributed by atoms with Crippen LogP contribution in [0.5, 0.6) is 0 Å². The summed E-state index contributed by atoms with van der Waals surface area (Å²) in [6, 6.07) is 22.1. The maximum Gasteiger partial charge on any atom is 0.266 e. The second-order valence-electron chi connectivity index (χ2n) is 7.87. The van der Waals surface area contributed by atoms with Gasteiger partial charge in [-0.15, -0.1) is 0 Å². The van der Waals surface area contributed by atoms with E-state index in [2.05, 4.69) is 34.3 Å². The van der Waals surface area contributed by atoms with Gasteiger partial charge in [-0.05, 0) is 67.9 Å². The Bertz CT molecular complexity index is 1430. The van der Waals surface area contributed by atoms with E-state index in [0.717, 1.165) is 24.3 Å². The van der Waals surface area contributed by atoms with Gasteiger partial charge in [0.05, 0.1) is 28.6 Å². The third-order valence-electron chi connectivity index (χ3n) is 5.59. The summed E-state index contributed by atoms with van der Waals surface area (Å²) in [5.41, 5.74) is 5.55. The van der Waals surface area contributed by atoms with Crippen LogP contribution in [0, 0.1) is 0 Å². The van der Waals surface area contributed by atoms with E-state index in [1.165, 1.54) is 16.3 Å². The highest BCUT2D eigenvalue weighted by molar-refractivity contribution is 7.99. The normalized spacial score (nSPS) is 11.2. The monoisotopic (exact) mass is 519 g/mol. The number of hydrogen-bond acceptors (Lipinski definition) is 6. The number of carbonyl (C=O) groups excluding carboxylic acids is 1. The first kappa shape index (κ1) is 25.5. The van der Waals surface area contributed by atoms with Crippen molar-refractivity contribution in [2.45, 2.75) is 19.0 Å². The van der Waals surface area contributed by atoms with Crippen molar-refractivity contribution < 1.29 is 4.79 Å². The lowest BCUT2D eigenvalue weighted by atomic mass is 10.2. The summed E-state index contributed by atoms with van der Waals surface area (Å²) < 4.78 is 1.50. The fourth-order valence-corrected chi connectivity index (χ4v) is 4.66. The zero-order valence-electron chi connectivity index (χ0n) is 20.0. The molecule has 7 nitrogen and oxygen atoms in total. The van der Waals surface area contributed by atoms with Crippen molar-refractivity contribution in [3.8, 4) is 5.69 Å². The Balaban J connectivity index is 1.47. The minimum atomic E-state index is -0.305. The molecule has 4 rings (SSSR count). The van der Waals surface area contributed by atoms with E-state index in [0.29, 0.717) is 26.8 Å². The largest absolute Gasteiger partial charge is 0.372 e. The van der Waals surface area contributed by atoms with E-state index in [1.54, 1.807) is 48.7 Å². The predicted molar refractivity (Wildman–Crippen MR) is 149 cm³/mol. The van der Waals surface area contributed by atoms with Crippen molar-refractivity contribution in [3.05, 3.63) is 93.7 Å². The average Bonchev–Trinajstić information content (AvgIpc) is 2.90. The van der Waals surface area contributed by atoms with Gasteiger partial charge in [0.1, 0.15) is 0 Å². The van der Waals surface area contributed by atoms with Gasteiger partial charge in [-0.2, -0.15) is 5.10 Å². The van der Waals surface area contributed by atoms with Crippen molar-refractivity contribution in [2.24, 2.45) is 5.10 Å². The maximum absolute atomic E-state index is 13.3. The van der Waals surface area contributed by atoms with Gasteiger partial charge in [-0.1, -0.05) is 47.6 Å². The number of thioether (sulfide) groups is 1. The van der Waals surface area contributed by atoms with Gasteiger partial charge in [0.15, 0.2) is 5.16 Å². The van der Waals surface area contributed by atoms with Crippen LogP contribution in [0.25, 0.3) is 16.6 Å². The minimum Gasteiger partial charge on any atom is -0.372 e. The van der Waals surface area contributed by atoms with Crippen molar-refractivity contribution in [2.75, 3.05) is 23.7 Å². The third-order valence-corrected chi connectivity index (χ3v) is 6.78. The zero-order valence-corrected chi connectivity index (χ0v) is 21.6. The number of halogens is 1. The van der Waals surface area contributed by atoms with Gasteiger partial charge in [0.25, 0.3) is 11.5 Å². The van der Waals surface area contributed by atoms with Crippen LogP contribution in [-0.2, 0) is 4.79 Å². The Labute approximate surface area is 218 Å². The molecule has 0 aliphatic carbocycles. The molecular weight excluding hydrogens is 494 g/mol. The molecule has 1 aromatic heterocycles. The number of hydrogen-bond donors (Lipinski definition) is 1. The Kier molecular flexibility index (Phi) is 8.40. The molecule has 0 spiro atoms. The lowest BCUT2D eigenvalue weighted by Gasteiger charge is -2.20. The first-order valence-corrected chi connectivity index (χ1v) is 12.9. The fraction of sp³-hybridized carbons (Fsp3) is 0.185. The molecular formula is C27H26ClN5O2S. The molecule has 1 amide bonds. The van der Waals surface area contributed by atoms with Crippen molar-refractivity contribution in [3.63, 3.8) is 0 Å². The molecule has 9 heteroatoms. The summed E-state index contributed by atoms with van der Waals surface area (Å²) in [5, 5.41) is 5.54. The lowest BCUT2D eigenvalue weighted by molar-refractivity contribution is -0.118. The number of nitrogens with one attached hydrogen (secondary N) is 1. The topological polar surface area (TPSA) is 79.6 Å². The number of anilines is 1. The number of rotatable bonds is 9. The molecule has 0 saturated heterocycles. The SMILES string of the molecule is CCN(CC)c1ccc(C=NNC(=O)CSc2nc3ccccc3c(=O)n2-c2ccc(Cl)cc2)cc1. The Morgan fingerprint density at radius 1 is 1.06 bits per heavy atom. The van der Waals surface area contributed by atoms with E-state index < -0.39 is 0 Å². The molecule has 0 saturated carbocycles. The van der Waals surface area contributed by atoms with Crippen LogP contribution in [0.3, 0.4) is 0 Å². The molecule has 0 radical (unpaired) electrons. The first-order chi connectivity index (χ1) is 17.5. The molecule has 1 N–H and O–H groups in total. The molecule has 0 aliphatic rings. The summed E-state index contributed by atoms with van der Waals surface area (Å²) in [6.45, 7) is 6.12. The fourth-order valence-electron chi connectivity index (χ4n) is 3.73. The minimum absolute atomic E-state index is 0.0383. The number of amides is 1. The quantitative estimate of drug-likeness (QED) is 0.143. The highest BCUT2D eigenvalue weighted by Crippen LogP contribution is 2.22. The third kappa shape index (κ3) is 5.95. The van der Waals surface area contributed by atoms with E-state index in [1.807, 2.05) is 30.3 Å². The standard InChI is InChI=1S/C27H26ClN5O2S/c1-3-32(4-2)21-13-9-19(10-14-21)17-29-31-25(34)18-36-27-30-24-8-6-5-7-23(24)26(35)33(27)22-15-11-20(28)12-16-22/h5-17H,3-4,18H2,1-2H3,(H,31,34). The number of hydrazone groups is 1. The van der Waals surface area contributed by atoms with Crippen LogP contribution in [0.1, 0.15) is 19.4 Å². The average molecular weight is 520 g/mol. The Morgan fingerprint density at radius 3 is 2.44 bits per heavy atom. The second kappa shape index (κ2) is 11.9. The molecule has 0 atom stereocenters. The molecule has 3 aromatic carbocycles. The van der Waals surface area contributed by atoms with Gasteiger partial charge in [-0.25, -0.2) is 10.4 Å². The number of nitrogens with zero attached hydrogens (tertiary/aromatic N) is 4. The van der Waals surface area contributed by atoms with Crippen molar-refractivity contribution in [1.82, 2.24) is 15.0 Å². The molecule has 36 heavy (non-hydrogen) atoms. The number of fused-ring (bicyclic) bond motifs is 1. The van der Waals surface area contributed by atoms with Gasteiger partial charge < -0.3 is 4.90 Å². The Morgan fingerprint density at radius 2 is 1.75 bits per heavy atom. The summed E-state index contributed by atoms with van der Waals surface area (Å²) in [7, 11) is 0. The molecule has 4 aromatic rings. The maximum atomic E-state index is 13.3. The molecule has 0 fully saturated rings. The van der Waals surface area contributed by atoms with Gasteiger partial charge in [0, 0.05) is 23.8 Å². The Hall–Kier alpha value is -3.62. The predicted octanol–water partition coefficient (Wildman–Crippen LogP) is 5.13. The number of aromatic nitrogens is 2. The zero-order chi connectivity index (χ0) is 25.5. The summed E-state index contributed by atoms with van der Waals surface area (Å²) in [4.78, 5) is 32.6. The van der Waals surface area contributed by atoms with Crippen LogP contribution in [-0.4, -0.2) is 40.5 Å². The smallest absolute Gasteiger partial charge is 0.266 e. The second-order valence-corrected chi connectivity index (χ2v) is 9.25. The van der Waals surface area contributed by atoms with Crippen LogP contribution in [0.4, 0.5) is 5.69 Å². The highest BCUT2D eigenvalue weighted by Gasteiger charge is 2.14. The molecule has 184 valence electrons. The molecule has 0 aliphatic heterocycles. The van der Waals surface area contributed by atoms with Gasteiger partial charge in [0.2, 0.25) is 0 Å². The van der Waals surface area contributed by atoms with Gasteiger partial charge in [-0.3, -0.25) is 14.2 Å². The summed E-state index contributed by atoms with van der Waals surface area (Å²) in [5.74, 6) is -0.266. The molecule has 0 unspecified atom stereocenters. The van der Waals surface area contributed by atoms with E-state index >= 15 is 0 Å². The number of para-hydroxylation sites is 1. The van der Waals surface area contributed by atoms with Gasteiger partial charge >= 0.3 is 0 Å². The first-order valence-electron chi connectivity index (χ1n) is 11.6. The number of carbonyl (C=O) groups is 1. The van der Waals surface area contributed by atoms with Crippen molar-refractivity contribution in [1.29, 1.82) is 0 Å². The number of benzene rings is 3. The summed E-state index contributed by atoms with van der Waals surface area (Å²) in [6.07, 6.45) is 1.60. The van der Waals surface area contributed by atoms with E-state index in [9.17, 15) is 9.59 Å². The molecule has 0 bridgehead atoms.